The number of aliphatic carboxylic acids is 1. The number of benzene rings is 5. The molecular weight excluding hydrogens is 1100 g/mol. The lowest BCUT2D eigenvalue weighted by Gasteiger charge is -2.50. The SMILES string of the molecule is CN(c1ccccc1)c1ccc2c(c1)Oc1cc(OC(=O)OCc3ccc(OCC4=C(C(=O)O)N5C(=O)[C@@H](NC(=O)[C@@H]6N7C(=O)C[C@H]7S(=O)(=O)C6(C)C)C5SC4)cc3)ccc1C21OC(=O)c2c(Cl)c(Cl)c(Cl)c(Cl)c21. The third-order valence-electron chi connectivity index (χ3n) is 14.2. The highest BCUT2D eigenvalue weighted by molar-refractivity contribution is 8.00. The van der Waals surface area contributed by atoms with Crippen molar-refractivity contribution in [2.45, 2.75) is 60.1 Å². The van der Waals surface area contributed by atoms with Gasteiger partial charge < -0.3 is 43.9 Å². The number of hydrogen-bond acceptors (Lipinski definition) is 15. The van der Waals surface area contributed by atoms with Gasteiger partial charge in [0.1, 0.15) is 64.7 Å². The van der Waals surface area contributed by atoms with E-state index in [2.05, 4.69) is 5.32 Å². The second kappa shape index (κ2) is 18.3. The van der Waals surface area contributed by atoms with E-state index in [-0.39, 0.29) is 85.1 Å². The molecule has 3 amide bonds. The first-order valence-electron chi connectivity index (χ1n) is 22.8. The second-order valence-corrected chi connectivity index (χ2v) is 24.0. The predicted molar refractivity (Wildman–Crippen MR) is 274 cm³/mol. The van der Waals surface area contributed by atoms with Crippen molar-refractivity contribution in [1.29, 1.82) is 0 Å². The molecule has 1 spiro atoms. The zero-order valence-corrected chi connectivity index (χ0v) is 43.9. The van der Waals surface area contributed by atoms with E-state index in [1.807, 2.05) is 48.3 Å². The molecule has 5 aromatic rings. The van der Waals surface area contributed by atoms with Gasteiger partial charge in [0.05, 0.1) is 36.8 Å². The summed E-state index contributed by atoms with van der Waals surface area (Å²) in [6, 6.07) is 23.3. The number of nitrogens with zero attached hydrogens (tertiary/aromatic N) is 3. The second-order valence-electron chi connectivity index (χ2n) is 18.6. The monoisotopic (exact) mass is 1130 g/mol. The minimum Gasteiger partial charge on any atom is -0.489 e. The maximum absolute atomic E-state index is 13.8. The minimum absolute atomic E-state index is 0.0113. The number of halogens is 4. The Labute approximate surface area is 451 Å². The van der Waals surface area contributed by atoms with Crippen LogP contribution in [0.4, 0.5) is 16.2 Å². The summed E-state index contributed by atoms with van der Waals surface area (Å²) >= 11 is 27.8. The maximum Gasteiger partial charge on any atom is 0.514 e. The summed E-state index contributed by atoms with van der Waals surface area (Å²) in [6.45, 7) is 2.29. The van der Waals surface area contributed by atoms with Crippen LogP contribution in [0.3, 0.4) is 0 Å². The lowest BCUT2D eigenvalue weighted by Crippen LogP contribution is -2.72. The Morgan fingerprint density at radius 1 is 0.853 bits per heavy atom. The fraction of sp³-hybridized carbons (Fsp3) is 0.255. The van der Waals surface area contributed by atoms with Gasteiger partial charge in [-0.3, -0.25) is 19.3 Å². The molecule has 75 heavy (non-hydrogen) atoms. The number of esters is 1. The highest BCUT2D eigenvalue weighted by Gasteiger charge is 2.68. The Bertz CT molecular complexity index is 3530. The van der Waals surface area contributed by atoms with Gasteiger partial charge in [0.15, 0.2) is 15.4 Å². The molecule has 3 saturated heterocycles. The van der Waals surface area contributed by atoms with E-state index < -0.39 is 78.8 Å². The number of hydrogen-bond donors (Lipinski definition) is 2. The van der Waals surface area contributed by atoms with Crippen LogP contribution in [0.25, 0.3) is 0 Å². The molecule has 2 unspecified atom stereocenters. The smallest absolute Gasteiger partial charge is 0.489 e. The molecule has 6 heterocycles. The van der Waals surface area contributed by atoms with Gasteiger partial charge in [0.25, 0.3) is 5.91 Å². The van der Waals surface area contributed by atoms with E-state index in [1.165, 1.54) is 37.7 Å². The average Bonchev–Trinajstić information content (AvgIpc) is 3.84. The van der Waals surface area contributed by atoms with Crippen LogP contribution >= 0.6 is 58.2 Å². The third kappa shape index (κ3) is 7.77. The van der Waals surface area contributed by atoms with Crippen LogP contribution in [0.5, 0.6) is 23.0 Å². The molecule has 6 aliphatic rings. The molecule has 0 aliphatic carbocycles. The molecule has 386 valence electrons. The Hall–Kier alpha value is -6.68. The highest BCUT2D eigenvalue weighted by Crippen LogP contribution is 2.61. The fourth-order valence-electron chi connectivity index (χ4n) is 10.3. The van der Waals surface area contributed by atoms with Gasteiger partial charge in [-0.05, 0) is 67.9 Å². The first-order valence-corrected chi connectivity index (χ1v) is 26.9. The van der Waals surface area contributed by atoms with Crippen molar-refractivity contribution in [3.63, 3.8) is 0 Å². The maximum atomic E-state index is 13.8. The van der Waals surface area contributed by atoms with Crippen molar-refractivity contribution >= 4 is 115 Å². The van der Waals surface area contributed by atoms with Crippen molar-refractivity contribution in [1.82, 2.24) is 15.1 Å². The molecule has 3 fully saturated rings. The van der Waals surface area contributed by atoms with Crippen molar-refractivity contribution < 1.29 is 66.0 Å². The number of para-hydroxylation sites is 1. The number of anilines is 2. The average molecular weight is 1140 g/mol. The Morgan fingerprint density at radius 3 is 2.21 bits per heavy atom. The first kappa shape index (κ1) is 50.5. The molecule has 11 rings (SSSR count). The number of carbonyl (C=O) groups excluding carboxylic acids is 5. The zero-order chi connectivity index (χ0) is 53.2. The third-order valence-corrected chi connectivity index (χ3v) is 20.1. The Balaban J connectivity index is 0.754. The van der Waals surface area contributed by atoms with E-state index in [0.717, 1.165) is 15.5 Å². The molecule has 0 saturated carbocycles. The quantitative estimate of drug-likeness (QED) is 0.0415. The van der Waals surface area contributed by atoms with E-state index in [9.17, 15) is 42.3 Å². The molecule has 2 N–H and O–H groups in total. The zero-order valence-electron chi connectivity index (χ0n) is 39.2. The summed E-state index contributed by atoms with van der Waals surface area (Å²) in [5.41, 5.74) is 1.19. The molecule has 0 bridgehead atoms. The molecule has 0 radical (unpaired) electrons. The number of sulfone groups is 1. The van der Waals surface area contributed by atoms with Crippen LogP contribution in [0.15, 0.2) is 102 Å². The van der Waals surface area contributed by atoms with Gasteiger partial charge in [-0.15, -0.1) is 11.8 Å². The predicted octanol–water partition coefficient (Wildman–Crippen LogP) is 8.60. The van der Waals surface area contributed by atoms with Crippen LogP contribution in [0.1, 0.15) is 52.9 Å². The number of β-lactam (4-membered cyclic amide) rings is 2. The van der Waals surface area contributed by atoms with Gasteiger partial charge in [0.2, 0.25) is 11.8 Å². The van der Waals surface area contributed by atoms with Crippen molar-refractivity contribution in [3.05, 3.63) is 150 Å². The lowest BCUT2D eigenvalue weighted by atomic mass is 9.77. The number of carbonyl (C=O) groups is 6. The topological polar surface area (TPSA) is 225 Å². The number of amides is 3. The van der Waals surface area contributed by atoms with Crippen LogP contribution in [0.2, 0.25) is 20.1 Å². The molecule has 24 heteroatoms. The number of thioether (sulfide) groups is 1. The van der Waals surface area contributed by atoms with E-state index >= 15 is 0 Å². The van der Waals surface area contributed by atoms with E-state index in [4.69, 9.17) is 70.1 Å². The number of fused-ring (bicyclic) bond motifs is 8. The largest absolute Gasteiger partial charge is 0.514 e. The molecule has 6 aliphatic heterocycles. The Kier molecular flexibility index (Phi) is 12.3. The summed E-state index contributed by atoms with van der Waals surface area (Å²) in [5, 5.41) is 10.5. The molecule has 5 aromatic carbocycles. The number of rotatable bonds is 11. The summed E-state index contributed by atoms with van der Waals surface area (Å²) in [6.07, 6.45) is -1.29. The number of carboxylic acids is 1. The van der Waals surface area contributed by atoms with E-state index in [1.54, 1.807) is 42.5 Å². The molecule has 0 aromatic heterocycles. The lowest BCUT2D eigenvalue weighted by molar-refractivity contribution is -0.154. The standard InChI is InChI=1S/C51H38Cl4N4O14S2/c1-50(2)43(58-33(60)19-34(58)75(50,67)68)44(61)56-41-45(62)59-42(47(63)64)24(22-74-46(41)59)21-69-27-12-9-23(10-13-27)20-70-49(66)71-28-14-16-30-32(18-28)72-31-17-26(57(3)25-7-5-4-6-8-25)11-15-29(31)51(30)36-35(48(65)73-51)37(52)39(54)40(55)38(36)53/h4-18,34,41,43,46H,19-22H2,1-3H3,(H,56,61)(H,63,64)/t34-,41-,43+,46?,51?/m1/s1. The van der Waals surface area contributed by atoms with Crippen molar-refractivity contribution in [2.75, 3.05) is 24.3 Å². The van der Waals surface area contributed by atoms with Gasteiger partial charge in [-0.1, -0.05) is 76.7 Å². The summed E-state index contributed by atoms with van der Waals surface area (Å²) in [5.74, 6) is -3.32. The fourth-order valence-corrected chi connectivity index (χ4v) is 14.8. The Morgan fingerprint density at radius 2 is 1.52 bits per heavy atom. The number of nitrogens with one attached hydrogen (secondary N) is 1. The summed E-state index contributed by atoms with van der Waals surface area (Å²) in [4.78, 5) is 82.8. The first-order chi connectivity index (χ1) is 35.6. The van der Waals surface area contributed by atoms with Gasteiger partial charge in [0, 0.05) is 58.6 Å². The number of ether oxygens (including phenoxy) is 5. The van der Waals surface area contributed by atoms with Crippen LogP contribution in [-0.4, -0.2) is 106 Å². The van der Waals surface area contributed by atoms with E-state index in [0.29, 0.717) is 28.1 Å². The van der Waals surface area contributed by atoms with Crippen molar-refractivity contribution in [2.24, 2.45) is 0 Å². The summed E-state index contributed by atoms with van der Waals surface area (Å²) < 4.78 is 54.2. The minimum atomic E-state index is -3.87. The van der Waals surface area contributed by atoms with Gasteiger partial charge in [-0.25, -0.2) is 22.8 Å². The van der Waals surface area contributed by atoms with Gasteiger partial charge in [-0.2, -0.15) is 0 Å². The summed E-state index contributed by atoms with van der Waals surface area (Å²) in [7, 11) is -1.99. The van der Waals surface area contributed by atoms with Crippen LogP contribution < -0.4 is 24.4 Å². The van der Waals surface area contributed by atoms with Gasteiger partial charge >= 0.3 is 18.1 Å². The van der Waals surface area contributed by atoms with Crippen LogP contribution in [0, 0.1) is 0 Å². The molecule has 5 atom stereocenters. The molecular formula is C51H38Cl4N4O14S2. The van der Waals surface area contributed by atoms with Crippen molar-refractivity contribution in [3.8, 4) is 23.0 Å². The molecule has 18 nitrogen and oxygen atoms in total. The highest BCUT2D eigenvalue weighted by atomic mass is 35.5. The number of carboxylic acid groups (broad SMARTS) is 1. The van der Waals surface area contributed by atoms with Crippen LogP contribution in [-0.2, 0) is 50.7 Å². The normalized spacial score (nSPS) is 23.1.